The van der Waals surface area contributed by atoms with Gasteiger partial charge >= 0.3 is 0 Å². The summed E-state index contributed by atoms with van der Waals surface area (Å²) in [5, 5.41) is 6.11. The third kappa shape index (κ3) is 3.08. The van der Waals surface area contributed by atoms with Crippen molar-refractivity contribution in [3.8, 4) is 0 Å². The lowest BCUT2D eigenvalue weighted by Crippen LogP contribution is -2.25. The highest BCUT2D eigenvalue weighted by atomic mass is 16.5. The molecule has 3 rings (SSSR count). The number of nitrogens with zero attached hydrogens (tertiary/aromatic N) is 3. The molecular weight excluding hydrogens is 290 g/mol. The molecule has 0 spiro atoms. The number of carbonyl (C=O) groups is 1. The molecule has 0 aliphatic rings. The topological polar surface area (TPSA) is 59.2 Å². The van der Waals surface area contributed by atoms with Crippen molar-refractivity contribution in [1.82, 2.24) is 15.0 Å². The van der Waals surface area contributed by atoms with Crippen LogP contribution in [0.5, 0.6) is 0 Å². The van der Waals surface area contributed by atoms with E-state index >= 15 is 0 Å². The predicted molar refractivity (Wildman–Crippen MR) is 88.1 cm³/mol. The average Bonchev–Trinajstić information content (AvgIpc) is 3.04. The molecule has 5 heteroatoms. The van der Waals surface area contributed by atoms with Crippen molar-refractivity contribution < 1.29 is 9.32 Å². The first-order valence-corrected chi connectivity index (χ1v) is 7.60. The Morgan fingerprint density at radius 1 is 1.30 bits per heavy atom. The molecular formula is C18H19N3O2. The van der Waals surface area contributed by atoms with Crippen LogP contribution in [-0.4, -0.2) is 28.0 Å². The van der Waals surface area contributed by atoms with Gasteiger partial charge < -0.3 is 9.42 Å². The summed E-state index contributed by atoms with van der Waals surface area (Å²) in [5.74, 6) is 0.338. The fraction of sp³-hybridized carbons (Fsp3) is 0.278. The summed E-state index contributed by atoms with van der Waals surface area (Å²) in [6, 6.07) is 9.69. The molecule has 0 saturated carbocycles. The summed E-state index contributed by atoms with van der Waals surface area (Å²) in [7, 11) is 1.76. The van der Waals surface area contributed by atoms with Crippen LogP contribution in [0.1, 0.15) is 41.6 Å². The predicted octanol–water partition coefficient (Wildman–Crippen LogP) is 3.62. The maximum absolute atomic E-state index is 12.5. The van der Waals surface area contributed by atoms with Gasteiger partial charge in [0.25, 0.3) is 5.91 Å². The van der Waals surface area contributed by atoms with Gasteiger partial charge in [0.2, 0.25) is 5.76 Å². The Balaban J connectivity index is 1.82. The fourth-order valence-electron chi connectivity index (χ4n) is 2.50. The Labute approximate surface area is 134 Å². The van der Waals surface area contributed by atoms with Gasteiger partial charge in [-0.15, -0.1) is 0 Å². The lowest BCUT2D eigenvalue weighted by atomic mass is 10.1. The van der Waals surface area contributed by atoms with Crippen molar-refractivity contribution in [1.29, 1.82) is 0 Å². The second-order valence-electron chi connectivity index (χ2n) is 5.95. The SMILES string of the molecule is CC(C)c1cc(C(=O)N(C)Cc2cccc3cnccc23)on1. The summed E-state index contributed by atoms with van der Waals surface area (Å²) in [6.07, 6.45) is 3.59. The van der Waals surface area contributed by atoms with Crippen LogP contribution in [0.4, 0.5) is 0 Å². The van der Waals surface area contributed by atoms with E-state index in [1.165, 1.54) is 0 Å². The first-order chi connectivity index (χ1) is 11.1. The smallest absolute Gasteiger partial charge is 0.292 e. The Hall–Kier alpha value is -2.69. The Bertz CT molecular complexity index is 834. The first kappa shape index (κ1) is 15.2. The monoisotopic (exact) mass is 309 g/mol. The van der Waals surface area contributed by atoms with Crippen LogP contribution in [0.25, 0.3) is 10.8 Å². The molecule has 0 atom stereocenters. The Morgan fingerprint density at radius 2 is 2.13 bits per heavy atom. The van der Waals surface area contributed by atoms with E-state index in [4.69, 9.17) is 4.52 Å². The number of benzene rings is 1. The van der Waals surface area contributed by atoms with Crippen LogP contribution < -0.4 is 0 Å². The maximum Gasteiger partial charge on any atom is 0.292 e. The highest BCUT2D eigenvalue weighted by Gasteiger charge is 2.19. The molecule has 0 radical (unpaired) electrons. The van der Waals surface area contributed by atoms with Crippen LogP contribution in [0.3, 0.4) is 0 Å². The van der Waals surface area contributed by atoms with E-state index in [1.54, 1.807) is 24.2 Å². The molecule has 23 heavy (non-hydrogen) atoms. The number of pyridine rings is 1. The van der Waals surface area contributed by atoms with E-state index in [2.05, 4.69) is 10.1 Å². The molecule has 0 unspecified atom stereocenters. The lowest BCUT2D eigenvalue weighted by molar-refractivity contribution is 0.0744. The van der Waals surface area contributed by atoms with E-state index < -0.39 is 0 Å². The molecule has 5 nitrogen and oxygen atoms in total. The molecule has 0 bridgehead atoms. The zero-order valence-electron chi connectivity index (χ0n) is 13.5. The number of aromatic nitrogens is 2. The molecule has 1 aromatic carbocycles. The minimum Gasteiger partial charge on any atom is -0.351 e. The molecule has 1 amide bonds. The molecule has 0 N–H and O–H groups in total. The van der Waals surface area contributed by atoms with Crippen LogP contribution in [0.2, 0.25) is 0 Å². The molecule has 118 valence electrons. The van der Waals surface area contributed by atoms with E-state index in [-0.39, 0.29) is 17.6 Å². The van der Waals surface area contributed by atoms with Crippen molar-refractivity contribution in [3.63, 3.8) is 0 Å². The van der Waals surface area contributed by atoms with Crippen LogP contribution in [0, 0.1) is 0 Å². The number of rotatable bonds is 4. The van der Waals surface area contributed by atoms with Gasteiger partial charge in [-0.1, -0.05) is 37.2 Å². The van der Waals surface area contributed by atoms with Crippen molar-refractivity contribution in [2.24, 2.45) is 0 Å². The van der Waals surface area contributed by atoms with Crippen LogP contribution >= 0.6 is 0 Å². The van der Waals surface area contributed by atoms with Gasteiger partial charge in [0.15, 0.2) is 0 Å². The minimum absolute atomic E-state index is 0.171. The largest absolute Gasteiger partial charge is 0.351 e. The quantitative estimate of drug-likeness (QED) is 0.738. The number of fused-ring (bicyclic) bond motifs is 1. The fourth-order valence-corrected chi connectivity index (χ4v) is 2.50. The van der Waals surface area contributed by atoms with Gasteiger partial charge in [-0.2, -0.15) is 0 Å². The Morgan fingerprint density at radius 3 is 2.87 bits per heavy atom. The van der Waals surface area contributed by atoms with Gasteiger partial charge in [0, 0.05) is 37.4 Å². The van der Waals surface area contributed by atoms with Gasteiger partial charge in [-0.3, -0.25) is 9.78 Å². The summed E-state index contributed by atoms with van der Waals surface area (Å²) in [5.41, 5.74) is 1.86. The second-order valence-corrected chi connectivity index (χ2v) is 5.95. The normalized spacial score (nSPS) is 11.1. The average molecular weight is 309 g/mol. The standard InChI is InChI=1S/C18H19N3O2/c1-12(2)16-9-17(23-20-16)18(22)21(3)11-14-6-4-5-13-10-19-8-7-15(13)14/h4-10,12H,11H2,1-3H3. The van der Waals surface area contributed by atoms with E-state index in [1.807, 2.05) is 44.3 Å². The highest BCUT2D eigenvalue weighted by Crippen LogP contribution is 2.20. The molecule has 2 heterocycles. The summed E-state index contributed by atoms with van der Waals surface area (Å²) >= 11 is 0. The highest BCUT2D eigenvalue weighted by molar-refractivity contribution is 5.92. The summed E-state index contributed by atoms with van der Waals surface area (Å²) in [4.78, 5) is 18.3. The molecule has 0 aliphatic carbocycles. The molecule has 0 fully saturated rings. The molecule has 0 aliphatic heterocycles. The third-order valence-electron chi connectivity index (χ3n) is 3.86. The zero-order chi connectivity index (χ0) is 16.4. The van der Waals surface area contributed by atoms with Gasteiger partial charge in [0.05, 0.1) is 5.69 Å². The van der Waals surface area contributed by atoms with Gasteiger partial charge in [0.1, 0.15) is 0 Å². The van der Waals surface area contributed by atoms with Crippen LogP contribution in [-0.2, 0) is 6.54 Å². The molecule has 2 aromatic heterocycles. The zero-order valence-corrected chi connectivity index (χ0v) is 13.5. The third-order valence-corrected chi connectivity index (χ3v) is 3.86. The van der Waals surface area contributed by atoms with Crippen molar-refractivity contribution in [2.75, 3.05) is 7.05 Å². The van der Waals surface area contributed by atoms with E-state index in [0.717, 1.165) is 22.0 Å². The number of hydrogen-bond donors (Lipinski definition) is 0. The minimum atomic E-state index is -0.171. The summed E-state index contributed by atoms with van der Waals surface area (Å²) < 4.78 is 5.18. The lowest BCUT2D eigenvalue weighted by Gasteiger charge is -2.16. The second kappa shape index (κ2) is 6.20. The first-order valence-electron chi connectivity index (χ1n) is 7.60. The van der Waals surface area contributed by atoms with Gasteiger partial charge in [-0.25, -0.2) is 0 Å². The molecule has 0 saturated heterocycles. The van der Waals surface area contributed by atoms with Gasteiger partial charge in [-0.05, 0) is 22.9 Å². The number of carbonyl (C=O) groups excluding carboxylic acids is 1. The number of amides is 1. The number of hydrogen-bond acceptors (Lipinski definition) is 4. The van der Waals surface area contributed by atoms with E-state index in [0.29, 0.717) is 6.54 Å². The van der Waals surface area contributed by atoms with Crippen molar-refractivity contribution in [3.05, 3.63) is 59.7 Å². The Kier molecular flexibility index (Phi) is 4.10. The maximum atomic E-state index is 12.5. The molecule has 3 aromatic rings. The summed E-state index contributed by atoms with van der Waals surface area (Å²) in [6.45, 7) is 4.53. The van der Waals surface area contributed by atoms with E-state index in [9.17, 15) is 4.79 Å². The van der Waals surface area contributed by atoms with Crippen molar-refractivity contribution in [2.45, 2.75) is 26.3 Å². The van der Waals surface area contributed by atoms with Crippen molar-refractivity contribution >= 4 is 16.7 Å². The van der Waals surface area contributed by atoms with Crippen LogP contribution in [0.15, 0.2) is 47.2 Å².